The van der Waals surface area contributed by atoms with E-state index in [0.717, 1.165) is 73.7 Å². The number of aryl methyl sites for hydroxylation is 3. The third-order valence-electron chi connectivity index (χ3n) is 6.46. The van der Waals surface area contributed by atoms with Gasteiger partial charge in [0, 0.05) is 0 Å². The van der Waals surface area contributed by atoms with Crippen molar-refractivity contribution in [3.63, 3.8) is 0 Å². The Morgan fingerprint density at radius 2 is 0.628 bits per heavy atom. The van der Waals surface area contributed by atoms with Gasteiger partial charge in [-0.1, -0.05) is 36.4 Å². The van der Waals surface area contributed by atoms with Gasteiger partial charge in [0.15, 0.2) is 0 Å². The molecule has 0 amide bonds. The summed E-state index contributed by atoms with van der Waals surface area (Å²) in [6.07, 6.45) is 7.85. The van der Waals surface area contributed by atoms with E-state index in [2.05, 4.69) is 0 Å². The molecule has 0 saturated heterocycles. The molecule has 3 aromatic carbocycles. The minimum absolute atomic E-state index is 0. The van der Waals surface area contributed by atoms with Crippen molar-refractivity contribution < 1.29 is 128 Å². The largest absolute Gasteiger partial charge is 1.00 e. The van der Waals surface area contributed by atoms with E-state index in [1.165, 1.54) is 36.4 Å². The molecule has 9 nitrogen and oxygen atoms in total. The molecule has 0 fully saturated rings. The van der Waals surface area contributed by atoms with Gasteiger partial charge in [0.1, 0.15) is 30.4 Å². The zero-order valence-electron chi connectivity index (χ0n) is 24.6. The van der Waals surface area contributed by atoms with Gasteiger partial charge in [0.25, 0.3) is 0 Å². The SMILES string of the molecule is O=S(=O)([O-])c1ccc(CCCP(CCCc2ccc(S(=O)(=O)[O-])cc2)CCCc2ccc(S(=O)(=O)[O-])cc2)cc1.[Na+].[Na+].[Na+]. The van der Waals surface area contributed by atoms with Crippen LogP contribution in [-0.2, 0) is 49.6 Å². The van der Waals surface area contributed by atoms with Crippen molar-refractivity contribution in [1.82, 2.24) is 0 Å². The van der Waals surface area contributed by atoms with Gasteiger partial charge in [-0.3, -0.25) is 0 Å². The third-order valence-corrected chi connectivity index (χ3v) is 11.9. The Hall–Kier alpha value is 0.820. The predicted molar refractivity (Wildman–Crippen MR) is 150 cm³/mol. The Morgan fingerprint density at radius 1 is 0.419 bits per heavy atom. The second-order valence-electron chi connectivity index (χ2n) is 9.45. The van der Waals surface area contributed by atoms with Crippen LogP contribution in [0.5, 0.6) is 0 Å². The van der Waals surface area contributed by atoms with Gasteiger partial charge in [0.2, 0.25) is 0 Å². The van der Waals surface area contributed by atoms with E-state index >= 15 is 0 Å². The first kappa shape index (κ1) is 43.8. The van der Waals surface area contributed by atoms with E-state index in [1.807, 2.05) is 0 Å². The Bertz CT molecular complexity index is 1390. The summed E-state index contributed by atoms with van der Waals surface area (Å²) in [6, 6.07) is 17.9. The predicted octanol–water partition coefficient (Wildman–Crippen LogP) is -4.91. The summed E-state index contributed by atoms with van der Waals surface area (Å²) in [6.45, 7) is 0. The standard InChI is InChI=1S/C27H33O9PS3.3Na/c28-38(29,30)25-13-7-22(8-14-25)4-1-19-37(20-2-5-23-9-15-26(16-10-23)39(31,32)33)21-3-6-24-11-17-27(18-12-24)40(34,35)36;;;/h7-18H,1-6,19-21H2,(H,28,29,30)(H,31,32,33)(H,34,35,36);;;/q;3*+1/p-3. The first-order valence-electron chi connectivity index (χ1n) is 12.6. The molecule has 3 rings (SSSR count). The summed E-state index contributed by atoms with van der Waals surface area (Å²) in [4.78, 5) is -0.749. The minimum Gasteiger partial charge on any atom is -0.744 e. The molecule has 0 radical (unpaired) electrons. The molecule has 0 unspecified atom stereocenters. The maximum absolute atomic E-state index is 11.1. The summed E-state index contributed by atoms with van der Waals surface area (Å²) < 4.78 is 100. The van der Waals surface area contributed by atoms with Crippen LogP contribution < -0.4 is 88.7 Å². The maximum atomic E-state index is 11.1. The van der Waals surface area contributed by atoms with E-state index in [0.29, 0.717) is 0 Å². The average Bonchev–Trinajstić information content (AvgIpc) is 2.88. The molecule has 0 aliphatic carbocycles. The van der Waals surface area contributed by atoms with Crippen molar-refractivity contribution in [2.75, 3.05) is 18.5 Å². The molecule has 0 N–H and O–H groups in total. The van der Waals surface area contributed by atoms with Crippen LogP contribution in [0.15, 0.2) is 87.5 Å². The van der Waals surface area contributed by atoms with Gasteiger partial charge in [-0.2, -0.15) is 0 Å². The van der Waals surface area contributed by atoms with Crippen molar-refractivity contribution >= 4 is 38.3 Å². The topological polar surface area (TPSA) is 172 Å². The minimum atomic E-state index is -4.48. The molecule has 43 heavy (non-hydrogen) atoms. The first-order valence-corrected chi connectivity index (χ1v) is 18.7. The molecule has 16 heteroatoms. The van der Waals surface area contributed by atoms with Crippen molar-refractivity contribution in [2.45, 2.75) is 53.2 Å². The van der Waals surface area contributed by atoms with Crippen molar-refractivity contribution in [3.05, 3.63) is 89.5 Å². The summed E-state index contributed by atoms with van der Waals surface area (Å²) in [5.74, 6) is 0. The van der Waals surface area contributed by atoms with Crippen LogP contribution in [0.25, 0.3) is 0 Å². The fourth-order valence-electron chi connectivity index (χ4n) is 4.32. The Balaban J connectivity index is 0.00000588. The van der Waals surface area contributed by atoms with Crippen LogP contribution in [0.2, 0.25) is 0 Å². The van der Waals surface area contributed by atoms with Crippen molar-refractivity contribution in [1.29, 1.82) is 0 Å². The summed E-state index contributed by atoms with van der Waals surface area (Å²) in [5.41, 5.74) is 2.84. The quantitative estimate of drug-likeness (QED) is 0.0860. The van der Waals surface area contributed by atoms with Crippen LogP contribution >= 0.6 is 7.92 Å². The Morgan fingerprint density at radius 3 is 0.814 bits per heavy atom. The van der Waals surface area contributed by atoms with Crippen LogP contribution in [-0.4, -0.2) is 57.4 Å². The van der Waals surface area contributed by atoms with E-state index in [9.17, 15) is 38.9 Å². The third kappa shape index (κ3) is 16.0. The average molecular weight is 695 g/mol. The Kier molecular flexibility index (Phi) is 20.6. The van der Waals surface area contributed by atoms with E-state index in [-0.39, 0.29) is 111 Å². The fourth-order valence-corrected chi connectivity index (χ4v) is 8.22. The van der Waals surface area contributed by atoms with Gasteiger partial charge in [-0.15, -0.1) is 7.92 Å². The number of hydrogen-bond acceptors (Lipinski definition) is 9. The number of rotatable bonds is 15. The number of benzene rings is 3. The van der Waals surface area contributed by atoms with Gasteiger partial charge < -0.3 is 13.7 Å². The molecule has 0 atom stereocenters. The van der Waals surface area contributed by atoms with Gasteiger partial charge >= 0.3 is 88.7 Å². The molecule has 0 aromatic heterocycles. The molecule has 0 aliphatic heterocycles. The molecule has 0 saturated carbocycles. The molecule has 0 spiro atoms. The van der Waals surface area contributed by atoms with Crippen molar-refractivity contribution in [2.24, 2.45) is 0 Å². The first-order chi connectivity index (χ1) is 18.7. The van der Waals surface area contributed by atoms with Crippen LogP contribution in [0.4, 0.5) is 0 Å². The van der Waals surface area contributed by atoms with E-state index in [1.54, 1.807) is 36.4 Å². The molecule has 3 aromatic rings. The molecule has 0 aliphatic rings. The Labute approximate surface area is 322 Å². The van der Waals surface area contributed by atoms with Gasteiger partial charge in [-0.25, -0.2) is 25.3 Å². The zero-order valence-corrected chi connectivity index (χ0v) is 34.0. The maximum Gasteiger partial charge on any atom is 1.00 e. The van der Waals surface area contributed by atoms with Crippen LogP contribution in [0.3, 0.4) is 0 Å². The monoisotopic (exact) mass is 694 g/mol. The molecule has 0 heterocycles. The number of hydrogen-bond donors (Lipinski definition) is 0. The van der Waals surface area contributed by atoms with Crippen molar-refractivity contribution in [3.8, 4) is 0 Å². The summed E-state index contributed by atoms with van der Waals surface area (Å²) in [5, 5.41) is 0. The fraction of sp³-hybridized carbons (Fsp3) is 0.333. The van der Waals surface area contributed by atoms with Gasteiger partial charge in [0.05, 0.1) is 14.7 Å². The van der Waals surface area contributed by atoms with Gasteiger partial charge in [-0.05, 0) is 110 Å². The molecule has 0 bridgehead atoms. The molecular formula is C27H30Na3O9PS3. The van der Waals surface area contributed by atoms with Crippen LogP contribution in [0, 0.1) is 0 Å². The molecule has 218 valence electrons. The van der Waals surface area contributed by atoms with E-state index in [4.69, 9.17) is 0 Å². The smallest absolute Gasteiger partial charge is 0.744 e. The van der Waals surface area contributed by atoms with Crippen LogP contribution in [0.1, 0.15) is 36.0 Å². The van der Waals surface area contributed by atoms with E-state index < -0.39 is 30.4 Å². The normalized spacial score (nSPS) is 11.7. The second kappa shape index (κ2) is 20.2. The summed E-state index contributed by atoms with van der Waals surface area (Å²) in [7, 11) is -13.8. The zero-order chi connectivity index (χ0) is 29.4. The second-order valence-corrected chi connectivity index (χ2v) is 16.3. The summed E-state index contributed by atoms with van der Waals surface area (Å²) >= 11 is 0. The molecular weight excluding hydrogens is 664 g/mol.